The van der Waals surface area contributed by atoms with Crippen LogP contribution in [0.4, 0.5) is 5.69 Å². The number of carbonyl (C=O) groups excluding carboxylic acids is 1. The van der Waals surface area contributed by atoms with E-state index in [-0.39, 0.29) is 12.3 Å². The number of nitrogens with two attached hydrogens (primary N) is 1. The Bertz CT molecular complexity index is 362. The zero-order chi connectivity index (χ0) is 14.1. The van der Waals surface area contributed by atoms with E-state index in [1.54, 1.807) is 24.1 Å². The second-order valence-electron chi connectivity index (χ2n) is 4.40. The fraction of sp³-hybridized carbons (Fsp3) is 0.667. The molecule has 1 aliphatic heterocycles. The number of ether oxygens (including phenoxy) is 2. The zero-order valence-electron chi connectivity index (χ0n) is 11.4. The summed E-state index contributed by atoms with van der Waals surface area (Å²) in [6, 6.07) is 0.170. The highest BCUT2D eigenvalue weighted by Gasteiger charge is 2.14. The summed E-state index contributed by atoms with van der Waals surface area (Å²) >= 11 is 0. The average Bonchev–Trinajstić information content (AvgIpc) is 2.77. The minimum Gasteiger partial charge on any atom is -0.353 e. The van der Waals surface area contributed by atoms with E-state index in [9.17, 15) is 4.79 Å². The average molecular weight is 270 g/mol. The van der Waals surface area contributed by atoms with Gasteiger partial charge in [-0.25, -0.2) is 0 Å². The first-order chi connectivity index (χ1) is 9.11. The number of hydrogen-bond acceptors (Lipinski definition) is 5. The van der Waals surface area contributed by atoms with Gasteiger partial charge in [0.1, 0.15) is 0 Å². The molecule has 1 unspecified atom stereocenters. The number of nitrogens with one attached hydrogen (secondary N) is 1. The van der Waals surface area contributed by atoms with Gasteiger partial charge in [-0.1, -0.05) is 0 Å². The lowest BCUT2D eigenvalue weighted by Crippen LogP contribution is -2.31. The number of nitrogens with zero attached hydrogens (tertiary/aromatic N) is 2. The molecule has 0 saturated carbocycles. The minimum absolute atomic E-state index is 0.0475. The van der Waals surface area contributed by atoms with Crippen molar-refractivity contribution in [2.45, 2.75) is 32.1 Å². The van der Waals surface area contributed by atoms with Crippen LogP contribution in [0.25, 0.3) is 0 Å². The Kier molecular flexibility index (Phi) is 7.09. The van der Waals surface area contributed by atoms with Crippen molar-refractivity contribution in [1.82, 2.24) is 9.78 Å². The molecule has 1 atom stereocenters. The highest BCUT2D eigenvalue weighted by Crippen LogP contribution is 2.09. The lowest BCUT2D eigenvalue weighted by molar-refractivity contribution is -0.182. The lowest BCUT2D eigenvalue weighted by atomic mass is 10.2. The number of amides is 1. The van der Waals surface area contributed by atoms with Gasteiger partial charge in [0, 0.05) is 25.7 Å². The Labute approximate surface area is 113 Å². The topological polar surface area (TPSA) is 91.4 Å². The molecule has 7 heteroatoms. The Morgan fingerprint density at radius 2 is 2.32 bits per heavy atom. The van der Waals surface area contributed by atoms with Crippen LogP contribution in [0.2, 0.25) is 0 Å². The molecular weight excluding hydrogens is 248 g/mol. The molecule has 0 spiro atoms. The minimum atomic E-state index is -0.0475. The van der Waals surface area contributed by atoms with Crippen molar-refractivity contribution in [1.29, 1.82) is 0 Å². The van der Waals surface area contributed by atoms with Crippen molar-refractivity contribution in [2.24, 2.45) is 12.8 Å². The van der Waals surface area contributed by atoms with Crippen molar-refractivity contribution in [3.8, 4) is 0 Å². The molecule has 1 aromatic heterocycles. The van der Waals surface area contributed by atoms with Crippen molar-refractivity contribution in [3.05, 3.63) is 12.4 Å². The monoisotopic (exact) mass is 270 g/mol. The Balaban J connectivity index is 0.000000191. The molecular formula is C12H22N4O3. The third kappa shape index (κ3) is 6.90. The molecule has 3 N–H and O–H groups in total. The molecule has 108 valence electrons. The summed E-state index contributed by atoms with van der Waals surface area (Å²) in [5, 5.41) is 6.29. The van der Waals surface area contributed by atoms with Crippen LogP contribution in [0.5, 0.6) is 0 Å². The number of aryl methyl sites for hydroxylation is 1. The van der Waals surface area contributed by atoms with Crippen LogP contribution in [0, 0.1) is 0 Å². The van der Waals surface area contributed by atoms with Crippen LogP contribution < -0.4 is 11.1 Å². The maximum atomic E-state index is 9.84. The number of aromatic nitrogens is 2. The van der Waals surface area contributed by atoms with E-state index in [4.69, 9.17) is 15.2 Å². The summed E-state index contributed by atoms with van der Waals surface area (Å²) in [5.74, 6) is 0. The van der Waals surface area contributed by atoms with Crippen molar-refractivity contribution in [2.75, 3.05) is 18.5 Å². The molecule has 1 aromatic rings. The Hall–Kier alpha value is -1.44. The third-order valence-corrected chi connectivity index (χ3v) is 2.39. The van der Waals surface area contributed by atoms with Gasteiger partial charge in [-0.15, -0.1) is 0 Å². The van der Waals surface area contributed by atoms with Crippen LogP contribution in [-0.2, 0) is 21.3 Å². The highest BCUT2D eigenvalue weighted by molar-refractivity contribution is 5.69. The SMILES string of the molecule is CC(N)CC1OCCCO1.Cn1cc(NC=O)cn1. The molecule has 0 aromatic carbocycles. The lowest BCUT2D eigenvalue weighted by Gasteiger charge is -2.24. The maximum Gasteiger partial charge on any atom is 0.211 e. The third-order valence-electron chi connectivity index (χ3n) is 2.39. The van der Waals surface area contributed by atoms with Gasteiger partial charge >= 0.3 is 0 Å². The Morgan fingerprint density at radius 3 is 2.79 bits per heavy atom. The van der Waals surface area contributed by atoms with E-state index < -0.39 is 0 Å². The van der Waals surface area contributed by atoms with Crippen LogP contribution in [0.15, 0.2) is 12.4 Å². The number of hydrogen-bond donors (Lipinski definition) is 2. The number of rotatable bonds is 4. The molecule has 0 bridgehead atoms. The van der Waals surface area contributed by atoms with E-state index in [0.717, 1.165) is 26.1 Å². The molecule has 1 saturated heterocycles. The van der Waals surface area contributed by atoms with Crippen molar-refractivity contribution >= 4 is 12.1 Å². The summed E-state index contributed by atoms with van der Waals surface area (Å²) in [5.41, 5.74) is 6.28. The van der Waals surface area contributed by atoms with E-state index in [1.165, 1.54) is 0 Å². The van der Waals surface area contributed by atoms with Gasteiger partial charge in [-0.2, -0.15) is 5.10 Å². The molecule has 1 amide bonds. The summed E-state index contributed by atoms with van der Waals surface area (Å²) in [6.45, 7) is 3.59. The number of anilines is 1. The normalized spacial score (nSPS) is 17.2. The van der Waals surface area contributed by atoms with Gasteiger partial charge < -0.3 is 20.5 Å². The molecule has 0 aliphatic carbocycles. The first kappa shape index (κ1) is 15.6. The van der Waals surface area contributed by atoms with Gasteiger partial charge in [0.05, 0.1) is 25.1 Å². The molecule has 0 radical (unpaired) electrons. The summed E-state index contributed by atoms with van der Waals surface area (Å²) < 4.78 is 12.2. The second-order valence-corrected chi connectivity index (χ2v) is 4.40. The quantitative estimate of drug-likeness (QED) is 0.776. The molecule has 19 heavy (non-hydrogen) atoms. The molecule has 1 fully saturated rings. The van der Waals surface area contributed by atoms with Gasteiger partial charge in [0.2, 0.25) is 6.41 Å². The first-order valence-electron chi connectivity index (χ1n) is 6.29. The van der Waals surface area contributed by atoms with Crippen LogP contribution in [-0.4, -0.2) is 41.7 Å². The molecule has 2 rings (SSSR count). The van der Waals surface area contributed by atoms with Gasteiger partial charge in [-0.3, -0.25) is 9.48 Å². The van der Waals surface area contributed by atoms with Crippen molar-refractivity contribution in [3.63, 3.8) is 0 Å². The fourth-order valence-electron chi connectivity index (χ4n) is 1.54. The largest absolute Gasteiger partial charge is 0.353 e. The molecule has 2 heterocycles. The zero-order valence-corrected chi connectivity index (χ0v) is 11.4. The predicted octanol–water partition coefficient (Wildman–Crippen LogP) is 0.475. The van der Waals surface area contributed by atoms with Crippen LogP contribution >= 0.6 is 0 Å². The molecule has 7 nitrogen and oxygen atoms in total. The first-order valence-corrected chi connectivity index (χ1v) is 6.29. The van der Waals surface area contributed by atoms with E-state index in [0.29, 0.717) is 12.1 Å². The van der Waals surface area contributed by atoms with Crippen molar-refractivity contribution < 1.29 is 14.3 Å². The highest BCUT2D eigenvalue weighted by atomic mass is 16.7. The second kappa shape index (κ2) is 8.63. The summed E-state index contributed by atoms with van der Waals surface area (Å²) in [6.07, 6.45) is 5.68. The van der Waals surface area contributed by atoms with Crippen LogP contribution in [0.1, 0.15) is 19.8 Å². The van der Waals surface area contributed by atoms with E-state index in [2.05, 4.69) is 10.4 Å². The summed E-state index contributed by atoms with van der Waals surface area (Å²) in [7, 11) is 1.79. The Morgan fingerprint density at radius 1 is 1.63 bits per heavy atom. The van der Waals surface area contributed by atoms with Gasteiger partial charge in [0.15, 0.2) is 6.29 Å². The smallest absolute Gasteiger partial charge is 0.211 e. The summed E-state index contributed by atoms with van der Waals surface area (Å²) in [4.78, 5) is 9.84. The molecule has 1 aliphatic rings. The number of carbonyl (C=O) groups is 1. The predicted molar refractivity (Wildman–Crippen MR) is 71.5 cm³/mol. The standard InChI is InChI=1S/C7H15NO2.C5H7N3O/c1-6(8)5-7-9-3-2-4-10-7;1-8-3-5(2-7-8)6-4-9/h6-7H,2-5,8H2,1H3;2-4H,1H3,(H,6,9). The van der Waals surface area contributed by atoms with Gasteiger partial charge in [0.25, 0.3) is 0 Å². The van der Waals surface area contributed by atoms with E-state index >= 15 is 0 Å². The van der Waals surface area contributed by atoms with E-state index in [1.807, 2.05) is 6.92 Å². The van der Waals surface area contributed by atoms with Crippen LogP contribution in [0.3, 0.4) is 0 Å². The maximum absolute atomic E-state index is 9.84. The fourth-order valence-corrected chi connectivity index (χ4v) is 1.54. The van der Waals surface area contributed by atoms with Gasteiger partial charge in [-0.05, 0) is 13.3 Å².